The molecule has 0 amide bonds. The fourth-order valence-electron chi connectivity index (χ4n) is 1.63. The van der Waals surface area contributed by atoms with Crippen molar-refractivity contribution in [1.29, 1.82) is 0 Å². The summed E-state index contributed by atoms with van der Waals surface area (Å²) in [5, 5.41) is 3.15. The standard InChI is InChI=1S/C15H23NO3/c1-4-5-10-19-15(17)11-16-12(2)13-6-8-14(18-3)9-7-13/h6-9,12,16H,4-5,10-11H2,1-3H3/t12-/m1/s1. The van der Waals surface area contributed by atoms with Crippen LogP contribution >= 0.6 is 0 Å². The van der Waals surface area contributed by atoms with Gasteiger partial charge in [0.2, 0.25) is 0 Å². The van der Waals surface area contributed by atoms with Gasteiger partial charge in [-0.25, -0.2) is 0 Å². The topological polar surface area (TPSA) is 47.6 Å². The van der Waals surface area contributed by atoms with Gasteiger partial charge in [0.25, 0.3) is 0 Å². The third-order valence-electron chi connectivity index (χ3n) is 2.93. The summed E-state index contributed by atoms with van der Waals surface area (Å²) in [7, 11) is 1.64. The summed E-state index contributed by atoms with van der Waals surface area (Å²) in [5.74, 6) is 0.628. The van der Waals surface area contributed by atoms with Crippen molar-refractivity contribution in [2.24, 2.45) is 0 Å². The molecule has 1 N–H and O–H groups in total. The van der Waals surface area contributed by atoms with E-state index in [9.17, 15) is 4.79 Å². The summed E-state index contributed by atoms with van der Waals surface area (Å²) in [6.07, 6.45) is 1.95. The highest BCUT2D eigenvalue weighted by atomic mass is 16.5. The van der Waals surface area contributed by atoms with Gasteiger partial charge in [-0.15, -0.1) is 0 Å². The molecule has 0 radical (unpaired) electrons. The van der Waals surface area contributed by atoms with E-state index in [1.807, 2.05) is 31.2 Å². The van der Waals surface area contributed by atoms with E-state index in [2.05, 4.69) is 12.2 Å². The van der Waals surface area contributed by atoms with Crippen LogP contribution in [0.1, 0.15) is 38.3 Å². The Hall–Kier alpha value is -1.55. The summed E-state index contributed by atoms with van der Waals surface area (Å²) in [4.78, 5) is 11.4. The number of hydrogen-bond acceptors (Lipinski definition) is 4. The molecule has 0 heterocycles. The van der Waals surface area contributed by atoms with Crippen LogP contribution in [0, 0.1) is 0 Å². The minimum absolute atomic E-state index is 0.102. The first kappa shape index (κ1) is 15.5. The molecule has 0 aromatic heterocycles. The van der Waals surface area contributed by atoms with Crippen LogP contribution in [0.2, 0.25) is 0 Å². The third kappa shape index (κ3) is 5.75. The Kier molecular flexibility index (Phi) is 6.97. The molecule has 4 nitrogen and oxygen atoms in total. The summed E-state index contributed by atoms with van der Waals surface area (Å²) < 4.78 is 10.2. The number of unbranched alkanes of at least 4 members (excludes halogenated alkanes) is 1. The number of esters is 1. The molecule has 0 saturated heterocycles. The van der Waals surface area contributed by atoms with Crippen molar-refractivity contribution < 1.29 is 14.3 Å². The lowest BCUT2D eigenvalue weighted by Gasteiger charge is -2.14. The van der Waals surface area contributed by atoms with Crippen LogP contribution in [0.3, 0.4) is 0 Å². The van der Waals surface area contributed by atoms with Gasteiger partial charge >= 0.3 is 5.97 Å². The molecule has 0 unspecified atom stereocenters. The number of rotatable bonds is 8. The minimum Gasteiger partial charge on any atom is -0.497 e. The van der Waals surface area contributed by atoms with E-state index >= 15 is 0 Å². The largest absolute Gasteiger partial charge is 0.497 e. The van der Waals surface area contributed by atoms with Gasteiger partial charge < -0.3 is 14.8 Å². The Bertz CT molecular complexity index is 375. The van der Waals surface area contributed by atoms with E-state index in [-0.39, 0.29) is 18.6 Å². The van der Waals surface area contributed by atoms with E-state index in [1.165, 1.54) is 0 Å². The SMILES string of the molecule is CCCCOC(=O)CN[C@H](C)c1ccc(OC)cc1. The predicted octanol–water partition coefficient (Wildman–Crippen LogP) is 2.69. The molecular weight excluding hydrogens is 242 g/mol. The fraction of sp³-hybridized carbons (Fsp3) is 0.533. The lowest BCUT2D eigenvalue weighted by molar-refractivity contribution is -0.142. The van der Waals surface area contributed by atoms with Gasteiger partial charge in [-0.05, 0) is 31.0 Å². The van der Waals surface area contributed by atoms with Gasteiger partial charge in [0.15, 0.2) is 0 Å². The van der Waals surface area contributed by atoms with E-state index in [0.29, 0.717) is 6.61 Å². The van der Waals surface area contributed by atoms with E-state index < -0.39 is 0 Å². The zero-order valence-electron chi connectivity index (χ0n) is 11.9. The van der Waals surface area contributed by atoms with Gasteiger partial charge in [0.1, 0.15) is 5.75 Å². The summed E-state index contributed by atoms with van der Waals surface area (Å²) in [6, 6.07) is 7.89. The van der Waals surface area contributed by atoms with Gasteiger partial charge in [-0.2, -0.15) is 0 Å². The van der Waals surface area contributed by atoms with Crippen LogP contribution < -0.4 is 10.1 Å². The number of carbonyl (C=O) groups excluding carboxylic acids is 1. The van der Waals surface area contributed by atoms with Crippen LogP contribution in [0.25, 0.3) is 0 Å². The number of hydrogen-bond donors (Lipinski definition) is 1. The molecule has 0 aliphatic carbocycles. The molecular formula is C15H23NO3. The van der Waals surface area contributed by atoms with E-state index in [0.717, 1.165) is 24.2 Å². The maximum absolute atomic E-state index is 11.4. The predicted molar refractivity (Wildman–Crippen MR) is 75.3 cm³/mol. The monoisotopic (exact) mass is 265 g/mol. The van der Waals surface area contributed by atoms with Crippen molar-refractivity contribution in [3.63, 3.8) is 0 Å². The highest BCUT2D eigenvalue weighted by molar-refractivity contribution is 5.71. The number of carbonyl (C=O) groups is 1. The maximum atomic E-state index is 11.4. The second kappa shape index (κ2) is 8.53. The van der Waals surface area contributed by atoms with Crippen molar-refractivity contribution >= 4 is 5.97 Å². The molecule has 0 bridgehead atoms. The molecule has 1 aromatic rings. The van der Waals surface area contributed by atoms with E-state index in [1.54, 1.807) is 7.11 Å². The summed E-state index contributed by atoms with van der Waals surface area (Å²) >= 11 is 0. The van der Waals surface area contributed by atoms with Crippen LogP contribution in [-0.4, -0.2) is 26.2 Å². The first-order valence-electron chi connectivity index (χ1n) is 6.70. The first-order chi connectivity index (χ1) is 9.17. The molecule has 106 valence electrons. The van der Waals surface area contributed by atoms with Gasteiger partial charge in [-0.1, -0.05) is 25.5 Å². The number of methoxy groups -OCH3 is 1. The van der Waals surface area contributed by atoms with Crippen molar-refractivity contribution in [1.82, 2.24) is 5.32 Å². The number of ether oxygens (including phenoxy) is 2. The van der Waals surface area contributed by atoms with Gasteiger partial charge in [-0.3, -0.25) is 4.79 Å². The Morgan fingerprint density at radius 1 is 1.32 bits per heavy atom. The quantitative estimate of drug-likeness (QED) is 0.580. The number of nitrogens with one attached hydrogen (secondary N) is 1. The molecule has 0 aliphatic heterocycles. The van der Waals surface area contributed by atoms with Crippen LogP contribution in [0.4, 0.5) is 0 Å². The van der Waals surface area contributed by atoms with Crippen molar-refractivity contribution in [2.75, 3.05) is 20.3 Å². The first-order valence-corrected chi connectivity index (χ1v) is 6.70. The van der Waals surface area contributed by atoms with Crippen molar-refractivity contribution in [3.05, 3.63) is 29.8 Å². The van der Waals surface area contributed by atoms with Crippen molar-refractivity contribution in [3.8, 4) is 5.75 Å². The second-order valence-corrected chi connectivity index (χ2v) is 4.45. The second-order valence-electron chi connectivity index (χ2n) is 4.45. The minimum atomic E-state index is -0.200. The average Bonchev–Trinajstić information content (AvgIpc) is 2.45. The molecule has 0 fully saturated rings. The zero-order chi connectivity index (χ0) is 14.1. The molecule has 0 spiro atoms. The highest BCUT2D eigenvalue weighted by Gasteiger charge is 2.08. The van der Waals surface area contributed by atoms with Gasteiger partial charge in [0, 0.05) is 6.04 Å². The van der Waals surface area contributed by atoms with Crippen molar-refractivity contribution in [2.45, 2.75) is 32.7 Å². The molecule has 4 heteroatoms. The van der Waals surface area contributed by atoms with E-state index in [4.69, 9.17) is 9.47 Å². The van der Waals surface area contributed by atoms with Crippen LogP contribution in [-0.2, 0) is 9.53 Å². The Balaban J connectivity index is 2.33. The maximum Gasteiger partial charge on any atom is 0.319 e. The summed E-state index contributed by atoms with van der Waals surface area (Å²) in [5.41, 5.74) is 1.11. The molecule has 1 aromatic carbocycles. The summed E-state index contributed by atoms with van der Waals surface area (Å²) in [6.45, 7) is 4.82. The fourth-order valence-corrected chi connectivity index (χ4v) is 1.63. The normalized spacial score (nSPS) is 11.9. The molecule has 0 aliphatic rings. The zero-order valence-corrected chi connectivity index (χ0v) is 11.9. The molecule has 0 saturated carbocycles. The molecule has 1 atom stereocenters. The Labute approximate surface area is 115 Å². The third-order valence-corrected chi connectivity index (χ3v) is 2.93. The van der Waals surface area contributed by atoms with Crippen LogP contribution in [0.5, 0.6) is 5.75 Å². The molecule has 1 rings (SSSR count). The van der Waals surface area contributed by atoms with Gasteiger partial charge in [0.05, 0.1) is 20.3 Å². The number of benzene rings is 1. The lowest BCUT2D eigenvalue weighted by atomic mass is 10.1. The Morgan fingerprint density at radius 2 is 2.00 bits per heavy atom. The van der Waals surface area contributed by atoms with Crippen LogP contribution in [0.15, 0.2) is 24.3 Å². The average molecular weight is 265 g/mol. The Morgan fingerprint density at radius 3 is 2.58 bits per heavy atom. The molecule has 19 heavy (non-hydrogen) atoms. The lowest BCUT2D eigenvalue weighted by Crippen LogP contribution is -2.27. The highest BCUT2D eigenvalue weighted by Crippen LogP contribution is 2.16. The smallest absolute Gasteiger partial charge is 0.319 e.